The van der Waals surface area contributed by atoms with Gasteiger partial charge in [-0.05, 0) is 13.3 Å². The summed E-state index contributed by atoms with van der Waals surface area (Å²) in [5.41, 5.74) is 0.805. The summed E-state index contributed by atoms with van der Waals surface area (Å²) in [6.07, 6.45) is 1.47. The van der Waals surface area contributed by atoms with Crippen LogP contribution >= 0.6 is 0 Å². The normalized spacial score (nSPS) is 38.1. The fraction of sp³-hybridized carbons (Fsp3) is 0.727. The van der Waals surface area contributed by atoms with Crippen molar-refractivity contribution in [3.8, 4) is 0 Å². The van der Waals surface area contributed by atoms with Gasteiger partial charge in [0.15, 0.2) is 0 Å². The van der Waals surface area contributed by atoms with E-state index in [0.717, 1.165) is 13.0 Å². The molecule has 1 aliphatic carbocycles. The van der Waals surface area contributed by atoms with Gasteiger partial charge in [0.2, 0.25) is 0 Å². The number of hydrogen-bond donors (Lipinski definition) is 0. The predicted molar refractivity (Wildman–Crippen MR) is 51.7 cm³/mol. The van der Waals surface area contributed by atoms with E-state index in [1.807, 2.05) is 0 Å². The summed E-state index contributed by atoms with van der Waals surface area (Å²) in [7, 11) is 0. The van der Waals surface area contributed by atoms with Crippen LogP contribution in [0.1, 0.15) is 20.3 Å². The summed E-state index contributed by atoms with van der Waals surface area (Å²) in [5.74, 6) is 0.137. The third-order valence-electron chi connectivity index (χ3n) is 3.49. The number of rotatable bonds is 4. The molecule has 14 heavy (non-hydrogen) atoms. The molecule has 2 aliphatic rings. The maximum Gasteiger partial charge on any atom is 0.333 e. The van der Waals surface area contributed by atoms with Crippen LogP contribution < -0.4 is 0 Å². The van der Waals surface area contributed by atoms with Gasteiger partial charge in [0, 0.05) is 16.9 Å². The quantitative estimate of drug-likeness (QED) is 0.505. The highest BCUT2D eigenvalue weighted by molar-refractivity contribution is 5.86. The number of carbonyl (C=O) groups is 1. The van der Waals surface area contributed by atoms with Crippen molar-refractivity contribution >= 4 is 5.97 Å². The lowest BCUT2D eigenvalue weighted by Gasteiger charge is -2.23. The highest BCUT2D eigenvalue weighted by Gasteiger charge is 2.71. The highest BCUT2D eigenvalue weighted by Crippen LogP contribution is 2.64. The zero-order valence-corrected chi connectivity index (χ0v) is 8.71. The molecule has 78 valence electrons. The minimum Gasteiger partial charge on any atom is -0.462 e. The van der Waals surface area contributed by atoms with Gasteiger partial charge >= 0.3 is 5.97 Å². The number of esters is 1. The van der Waals surface area contributed by atoms with Gasteiger partial charge < -0.3 is 9.47 Å². The van der Waals surface area contributed by atoms with E-state index in [1.54, 1.807) is 6.92 Å². The number of ether oxygens (including phenoxy) is 2. The molecule has 3 heteroatoms. The molecule has 3 nitrogen and oxygen atoms in total. The van der Waals surface area contributed by atoms with Crippen molar-refractivity contribution < 1.29 is 14.3 Å². The molecule has 0 N–H and O–H groups in total. The van der Waals surface area contributed by atoms with Crippen LogP contribution in [-0.4, -0.2) is 25.3 Å². The smallest absolute Gasteiger partial charge is 0.333 e. The van der Waals surface area contributed by atoms with E-state index < -0.39 is 0 Å². The number of hydrogen-bond acceptors (Lipinski definition) is 3. The maximum atomic E-state index is 11.1. The molecule has 0 radical (unpaired) electrons. The van der Waals surface area contributed by atoms with Crippen LogP contribution in [0.4, 0.5) is 0 Å². The lowest BCUT2D eigenvalue weighted by molar-refractivity contribution is -0.139. The fourth-order valence-electron chi connectivity index (χ4n) is 2.26. The Hall–Kier alpha value is -0.830. The zero-order chi connectivity index (χ0) is 10.3. The zero-order valence-electron chi connectivity index (χ0n) is 8.71. The monoisotopic (exact) mass is 196 g/mol. The topological polar surface area (TPSA) is 35.5 Å². The van der Waals surface area contributed by atoms with Crippen molar-refractivity contribution in [1.29, 1.82) is 0 Å². The molecule has 0 aromatic heterocycles. The van der Waals surface area contributed by atoms with Gasteiger partial charge in [0.05, 0.1) is 19.3 Å². The molecule has 2 fully saturated rings. The minimum absolute atomic E-state index is 0.289. The van der Waals surface area contributed by atoms with Gasteiger partial charge in [0.25, 0.3) is 0 Å². The van der Waals surface area contributed by atoms with E-state index in [9.17, 15) is 4.79 Å². The highest BCUT2D eigenvalue weighted by atomic mass is 16.6. The molecule has 2 rings (SSSR count). The Morgan fingerprint density at radius 2 is 2.43 bits per heavy atom. The predicted octanol–water partition coefficient (Wildman–Crippen LogP) is 1.53. The molecule has 0 aromatic rings. The Kier molecular flexibility index (Phi) is 2.14. The van der Waals surface area contributed by atoms with Crippen molar-refractivity contribution in [2.45, 2.75) is 26.4 Å². The van der Waals surface area contributed by atoms with Crippen LogP contribution in [0.25, 0.3) is 0 Å². The third-order valence-corrected chi connectivity index (χ3v) is 3.49. The molecule has 3 atom stereocenters. The van der Waals surface area contributed by atoms with Gasteiger partial charge in [-0.15, -0.1) is 0 Å². The molecule has 1 saturated carbocycles. The minimum atomic E-state index is -0.289. The van der Waals surface area contributed by atoms with Gasteiger partial charge in [-0.25, -0.2) is 4.79 Å². The molecule has 0 bridgehead atoms. The Morgan fingerprint density at radius 1 is 1.71 bits per heavy atom. The fourth-order valence-corrected chi connectivity index (χ4v) is 2.26. The van der Waals surface area contributed by atoms with Crippen LogP contribution in [-0.2, 0) is 14.3 Å². The summed E-state index contributed by atoms with van der Waals surface area (Å²) in [5, 5.41) is 0. The van der Waals surface area contributed by atoms with Crippen LogP contribution in [0.2, 0.25) is 0 Å². The summed E-state index contributed by atoms with van der Waals surface area (Å²) in [4.78, 5) is 11.1. The lowest BCUT2D eigenvalue weighted by Crippen LogP contribution is -2.26. The Morgan fingerprint density at radius 3 is 2.79 bits per heavy atom. The van der Waals surface area contributed by atoms with E-state index in [2.05, 4.69) is 13.5 Å². The van der Waals surface area contributed by atoms with Crippen LogP contribution in [0.15, 0.2) is 12.2 Å². The van der Waals surface area contributed by atoms with E-state index in [1.165, 1.54) is 0 Å². The summed E-state index contributed by atoms with van der Waals surface area (Å²) in [6, 6.07) is 0. The third kappa shape index (κ3) is 1.19. The molecule has 1 aliphatic heterocycles. The second-order valence-electron chi connectivity index (χ2n) is 4.30. The van der Waals surface area contributed by atoms with E-state index in [0.29, 0.717) is 29.6 Å². The first-order chi connectivity index (χ1) is 6.62. The second kappa shape index (κ2) is 3.09. The SMILES string of the molecule is C=C(C)C(=O)OCC1C2OCC12CC. The van der Waals surface area contributed by atoms with Gasteiger partial charge in [-0.1, -0.05) is 13.5 Å². The second-order valence-corrected chi connectivity index (χ2v) is 4.30. The molecule has 0 spiro atoms. The van der Waals surface area contributed by atoms with E-state index in [-0.39, 0.29) is 5.97 Å². The number of fused-ring (bicyclic) bond motifs is 1. The standard InChI is InChI=1S/C11H16O3/c1-4-11-6-14-9(11)8(11)5-13-10(12)7(2)3/h8-9H,2,4-6H2,1,3H3. The Labute approximate surface area is 84.1 Å². The first kappa shape index (κ1) is 9.71. The van der Waals surface area contributed by atoms with Crippen molar-refractivity contribution in [1.82, 2.24) is 0 Å². The van der Waals surface area contributed by atoms with E-state index in [4.69, 9.17) is 9.47 Å². The average molecular weight is 196 g/mol. The average Bonchev–Trinajstić information content (AvgIpc) is 2.57. The van der Waals surface area contributed by atoms with Crippen LogP contribution in [0.5, 0.6) is 0 Å². The van der Waals surface area contributed by atoms with Gasteiger partial charge in [-0.2, -0.15) is 0 Å². The molecule has 3 unspecified atom stereocenters. The first-order valence-electron chi connectivity index (χ1n) is 5.06. The molecular formula is C11H16O3. The van der Waals surface area contributed by atoms with E-state index >= 15 is 0 Å². The molecule has 0 aromatic carbocycles. The molecule has 1 saturated heterocycles. The lowest BCUT2D eigenvalue weighted by atomic mass is 9.99. The largest absolute Gasteiger partial charge is 0.462 e. The molecule has 0 amide bonds. The van der Waals surface area contributed by atoms with Crippen molar-refractivity contribution in [3.63, 3.8) is 0 Å². The Balaban J connectivity index is 1.79. The molecule has 1 heterocycles. The van der Waals surface area contributed by atoms with Crippen LogP contribution in [0.3, 0.4) is 0 Å². The van der Waals surface area contributed by atoms with Crippen molar-refractivity contribution in [2.75, 3.05) is 13.2 Å². The summed E-state index contributed by atoms with van der Waals surface area (Å²) >= 11 is 0. The maximum absolute atomic E-state index is 11.1. The van der Waals surface area contributed by atoms with Gasteiger partial charge in [-0.3, -0.25) is 0 Å². The first-order valence-corrected chi connectivity index (χ1v) is 5.06. The summed E-state index contributed by atoms with van der Waals surface area (Å²) < 4.78 is 10.5. The number of carbonyl (C=O) groups excluding carboxylic acids is 1. The van der Waals surface area contributed by atoms with Crippen molar-refractivity contribution in [3.05, 3.63) is 12.2 Å². The van der Waals surface area contributed by atoms with Gasteiger partial charge in [0.1, 0.15) is 0 Å². The Bertz CT molecular complexity index is 280. The van der Waals surface area contributed by atoms with Crippen molar-refractivity contribution in [2.24, 2.45) is 11.3 Å². The van der Waals surface area contributed by atoms with Crippen LogP contribution in [0, 0.1) is 11.3 Å². The summed E-state index contributed by atoms with van der Waals surface area (Å²) in [6.45, 7) is 8.69. The molecular weight excluding hydrogens is 180 g/mol.